The number of fused-ring (bicyclic) bond motifs is 1. The molecule has 0 radical (unpaired) electrons. The molecular formula is C17H18ClN7O4. The van der Waals surface area contributed by atoms with Gasteiger partial charge in [-0.2, -0.15) is 5.10 Å². The lowest BCUT2D eigenvalue weighted by Crippen LogP contribution is -2.33. The first-order valence-corrected chi connectivity index (χ1v) is 9.03. The molecule has 0 bridgehead atoms. The summed E-state index contributed by atoms with van der Waals surface area (Å²) in [4.78, 5) is 12.4. The smallest absolute Gasteiger partial charge is 0.228 e. The summed E-state index contributed by atoms with van der Waals surface area (Å²) in [7, 11) is 0. The van der Waals surface area contributed by atoms with Crippen LogP contribution in [0.15, 0.2) is 35.7 Å². The second-order valence-corrected chi connectivity index (χ2v) is 6.82. The van der Waals surface area contributed by atoms with E-state index >= 15 is 0 Å². The molecule has 3 heterocycles. The Morgan fingerprint density at radius 2 is 2.00 bits per heavy atom. The topological polar surface area (TPSA) is 164 Å². The molecule has 4 unspecified atom stereocenters. The number of aromatic nitrogens is 4. The van der Waals surface area contributed by atoms with Gasteiger partial charge in [0.2, 0.25) is 5.95 Å². The van der Waals surface area contributed by atoms with Crippen molar-refractivity contribution < 1.29 is 20.1 Å². The maximum Gasteiger partial charge on any atom is 0.228 e. The summed E-state index contributed by atoms with van der Waals surface area (Å²) in [5.74, 6) is 0.289. The fourth-order valence-corrected chi connectivity index (χ4v) is 3.18. The van der Waals surface area contributed by atoms with Crippen LogP contribution >= 0.6 is 11.6 Å². The number of nitrogen functional groups attached to an aromatic ring is 1. The van der Waals surface area contributed by atoms with E-state index in [4.69, 9.17) is 22.1 Å². The van der Waals surface area contributed by atoms with Gasteiger partial charge in [-0.05, 0) is 17.7 Å². The third-order valence-corrected chi connectivity index (χ3v) is 4.78. The van der Waals surface area contributed by atoms with E-state index in [1.165, 1.54) is 10.9 Å². The molecular weight excluding hydrogens is 402 g/mol. The van der Waals surface area contributed by atoms with Crippen LogP contribution in [0.3, 0.4) is 0 Å². The highest BCUT2D eigenvalue weighted by molar-refractivity contribution is 6.30. The molecule has 0 aliphatic carbocycles. The Hall–Kier alpha value is -2.83. The third-order valence-electron chi connectivity index (χ3n) is 4.53. The number of hydrogen-bond acceptors (Lipinski definition) is 10. The molecule has 1 aliphatic heterocycles. The van der Waals surface area contributed by atoms with Crippen molar-refractivity contribution in [2.45, 2.75) is 24.5 Å². The first-order chi connectivity index (χ1) is 14.0. The van der Waals surface area contributed by atoms with E-state index in [0.29, 0.717) is 5.02 Å². The maximum atomic E-state index is 10.4. The second-order valence-electron chi connectivity index (χ2n) is 6.39. The first kappa shape index (κ1) is 19.5. The van der Waals surface area contributed by atoms with E-state index in [0.717, 1.165) is 5.56 Å². The average molecular weight is 420 g/mol. The van der Waals surface area contributed by atoms with E-state index in [2.05, 4.69) is 25.5 Å². The Labute approximate surface area is 169 Å². The van der Waals surface area contributed by atoms with Crippen LogP contribution in [0.5, 0.6) is 0 Å². The summed E-state index contributed by atoms with van der Waals surface area (Å²) in [6.45, 7) is -0.462. The van der Waals surface area contributed by atoms with Gasteiger partial charge in [0.05, 0.1) is 12.8 Å². The fraction of sp³-hybridized carbons (Fsp3) is 0.294. The molecule has 29 heavy (non-hydrogen) atoms. The lowest BCUT2D eigenvalue weighted by atomic mass is 10.1. The molecule has 152 valence electrons. The van der Waals surface area contributed by atoms with E-state index in [1.54, 1.807) is 30.5 Å². The minimum Gasteiger partial charge on any atom is -0.394 e. The van der Waals surface area contributed by atoms with Gasteiger partial charge in [-0.15, -0.1) is 0 Å². The number of ether oxygens (including phenoxy) is 1. The van der Waals surface area contributed by atoms with Crippen molar-refractivity contribution in [2.75, 3.05) is 17.8 Å². The van der Waals surface area contributed by atoms with E-state index < -0.39 is 31.1 Å². The molecule has 0 spiro atoms. The summed E-state index contributed by atoms with van der Waals surface area (Å²) in [6.07, 6.45) is -1.86. The third kappa shape index (κ3) is 3.61. The molecule has 3 aromatic rings. The van der Waals surface area contributed by atoms with E-state index in [9.17, 15) is 15.3 Å². The molecule has 1 fully saturated rings. The number of anilines is 2. The number of benzene rings is 1. The molecule has 0 saturated carbocycles. The lowest BCUT2D eigenvalue weighted by Gasteiger charge is -2.18. The molecule has 2 aromatic heterocycles. The highest BCUT2D eigenvalue weighted by Crippen LogP contribution is 2.35. The minimum atomic E-state index is -1.33. The predicted molar refractivity (Wildman–Crippen MR) is 105 cm³/mol. The largest absolute Gasteiger partial charge is 0.394 e. The molecule has 1 aromatic carbocycles. The Bertz CT molecular complexity index is 1040. The summed E-state index contributed by atoms with van der Waals surface area (Å²) in [5, 5.41) is 34.6. The van der Waals surface area contributed by atoms with Crippen molar-refractivity contribution in [3.63, 3.8) is 0 Å². The van der Waals surface area contributed by atoms with Crippen LogP contribution < -0.4 is 11.2 Å². The summed E-state index contributed by atoms with van der Waals surface area (Å²) >= 11 is 5.87. The molecule has 12 heteroatoms. The molecule has 1 aliphatic rings. The van der Waals surface area contributed by atoms with Crippen molar-refractivity contribution in [1.29, 1.82) is 0 Å². The Kier molecular flexibility index (Phi) is 5.30. The normalized spacial score (nSPS) is 24.6. The van der Waals surface area contributed by atoms with Crippen molar-refractivity contribution >= 4 is 40.7 Å². The number of nitrogens with two attached hydrogens (primary N) is 1. The standard InChI is InChI=1S/C17H18ClN7O4/c18-9-3-1-8(2-4-9)5-22-24-17-23-11-14(19)20-7-21-15(11)25(17)16-13(28)12(27)10(6-26)29-16/h1-5,7,10,12-13,16,26-28H,6H2,(H,23,24)(H2,19,20,21). The number of nitrogens with zero attached hydrogens (tertiary/aromatic N) is 5. The van der Waals surface area contributed by atoms with Gasteiger partial charge in [0, 0.05) is 5.02 Å². The molecule has 1 saturated heterocycles. The maximum absolute atomic E-state index is 10.4. The van der Waals surface area contributed by atoms with Gasteiger partial charge in [-0.1, -0.05) is 23.7 Å². The number of aliphatic hydroxyl groups excluding tert-OH is 3. The van der Waals surface area contributed by atoms with Gasteiger partial charge >= 0.3 is 0 Å². The van der Waals surface area contributed by atoms with Crippen LogP contribution in [0.1, 0.15) is 11.8 Å². The zero-order valence-corrected chi connectivity index (χ0v) is 15.7. The molecule has 4 rings (SSSR count). The summed E-state index contributed by atoms with van der Waals surface area (Å²) in [5.41, 5.74) is 9.99. The summed E-state index contributed by atoms with van der Waals surface area (Å²) in [6, 6.07) is 7.03. The Morgan fingerprint density at radius 1 is 1.24 bits per heavy atom. The molecule has 6 N–H and O–H groups in total. The number of rotatable bonds is 5. The lowest BCUT2D eigenvalue weighted by molar-refractivity contribution is -0.0501. The number of hydrazone groups is 1. The zero-order valence-electron chi connectivity index (χ0n) is 14.9. The second kappa shape index (κ2) is 7.89. The van der Waals surface area contributed by atoms with Crippen molar-refractivity contribution in [2.24, 2.45) is 5.10 Å². The van der Waals surface area contributed by atoms with Gasteiger partial charge < -0.3 is 25.8 Å². The molecule has 11 nitrogen and oxygen atoms in total. The van der Waals surface area contributed by atoms with E-state index in [-0.39, 0.29) is 22.9 Å². The van der Waals surface area contributed by atoms with Gasteiger partial charge in [0.15, 0.2) is 23.2 Å². The van der Waals surface area contributed by atoms with Crippen molar-refractivity contribution in [3.8, 4) is 0 Å². The fourth-order valence-electron chi connectivity index (χ4n) is 3.05. The SMILES string of the molecule is Nc1ncnc2c1nc(NN=Cc1ccc(Cl)cc1)n2C1OC(CO)C(O)C1O. The van der Waals surface area contributed by atoms with Crippen molar-refractivity contribution in [3.05, 3.63) is 41.2 Å². The number of halogens is 1. The monoisotopic (exact) mass is 419 g/mol. The number of hydrogen-bond donors (Lipinski definition) is 5. The quantitative estimate of drug-likeness (QED) is 0.285. The summed E-state index contributed by atoms with van der Waals surface area (Å²) < 4.78 is 7.02. The van der Waals surface area contributed by atoms with Gasteiger partial charge in [0.25, 0.3) is 0 Å². The van der Waals surface area contributed by atoms with E-state index in [1.807, 2.05) is 0 Å². The molecule has 4 atom stereocenters. The highest BCUT2D eigenvalue weighted by atomic mass is 35.5. The number of aliphatic hydroxyl groups is 3. The van der Waals surface area contributed by atoms with Crippen LogP contribution in [0, 0.1) is 0 Å². The number of imidazole rings is 1. The predicted octanol–water partition coefficient (Wildman–Crippen LogP) is 0.119. The van der Waals surface area contributed by atoms with Crippen LogP contribution in [0.4, 0.5) is 11.8 Å². The van der Waals surface area contributed by atoms with Crippen molar-refractivity contribution in [1.82, 2.24) is 19.5 Å². The zero-order chi connectivity index (χ0) is 20.5. The highest BCUT2D eigenvalue weighted by Gasteiger charge is 2.45. The van der Waals surface area contributed by atoms with Gasteiger partial charge in [0.1, 0.15) is 24.6 Å². The molecule has 0 amide bonds. The van der Waals surface area contributed by atoms with Crippen LogP contribution in [-0.4, -0.2) is 66.0 Å². The van der Waals surface area contributed by atoms with Gasteiger partial charge in [-0.25, -0.2) is 20.4 Å². The Balaban J connectivity index is 1.71. The van der Waals surface area contributed by atoms with Crippen LogP contribution in [0.2, 0.25) is 5.02 Å². The minimum absolute atomic E-state index is 0.130. The first-order valence-electron chi connectivity index (χ1n) is 8.65. The van der Waals surface area contributed by atoms with Gasteiger partial charge in [-0.3, -0.25) is 4.57 Å². The van der Waals surface area contributed by atoms with Crippen LogP contribution in [-0.2, 0) is 4.74 Å². The Morgan fingerprint density at radius 3 is 2.69 bits per heavy atom. The van der Waals surface area contributed by atoms with Crippen LogP contribution in [0.25, 0.3) is 11.2 Å². The number of nitrogens with one attached hydrogen (secondary N) is 1. The average Bonchev–Trinajstić information content (AvgIpc) is 3.22.